The zero-order valence-corrected chi connectivity index (χ0v) is 10.7. The first kappa shape index (κ1) is 15.3. The van der Waals surface area contributed by atoms with Crippen LogP contribution in [0, 0.1) is 5.92 Å². The quantitative estimate of drug-likeness (QED) is 0.896. The van der Waals surface area contributed by atoms with Gasteiger partial charge in [0, 0.05) is 12.2 Å². The summed E-state index contributed by atoms with van der Waals surface area (Å²) >= 11 is 0. The van der Waals surface area contributed by atoms with Gasteiger partial charge in [-0.1, -0.05) is 26.0 Å². The van der Waals surface area contributed by atoms with Crippen LogP contribution in [0.1, 0.15) is 19.4 Å². The predicted octanol–water partition coefficient (Wildman–Crippen LogP) is 3.25. The molecule has 1 rings (SSSR count). The number of hydrogen-bond donors (Lipinski definition) is 1. The highest BCUT2D eigenvalue weighted by Gasteiger charge is 2.34. The Labute approximate surface area is 109 Å². The van der Waals surface area contributed by atoms with E-state index in [0.29, 0.717) is 0 Å². The highest BCUT2D eigenvalue weighted by Crippen LogP contribution is 2.36. The predicted molar refractivity (Wildman–Crippen MR) is 66.1 cm³/mol. The smallest absolute Gasteiger partial charge is 0.418 e. The molecule has 0 amide bonds. The Morgan fingerprint density at radius 3 is 2.37 bits per heavy atom. The van der Waals surface area contributed by atoms with E-state index >= 15 is 0 Å². The SMILES string of the molecule is CC(C)CN(CC(=O)O)c1ccccc1C(F)(F)F. The summed E-state index contributed by atoms with van der Waals surface area (Å²) in [6, 6.07) is 5.03. The monoisotopic (exact) mass is 275 g/mol. The summed E-state index contributed by atoms with van der Waals surface area (Å²) in [4.78, 5) is 12.0. The molecule has 0 aliphatic heterocycles. The van der Waals surface area contributed by atoms with Crippen molar-refractivity contribution in [3.63, 3.8) is 0 Å². The first-order chi connectivity index (χ1) is 8.71. The van der Waals surface area contributed by atoms with Crippen LogP contribution in [-0.4, -0.2) is 24.2 Å². The lowest BCUT2D eigenvalue weighted by atomic mass is 10.1. The number of aliphatic carboxylic acids is 1. The molecule has 1 N–H and O–H groups in total. The van der Waals surface area contributed by atoms with Crippen molar-refractivity contribution >= 4 is 11.7 Å². The number of carboxylic acids is 1. The Kier molecular flexibility index (Phi) is 4.80. The molecule has 1 aromatic rings. The van der Waals surface area contributed by atoms with Gasteiger partial charge in [0.2, 0.25) is 0 Å². The van der Waals surface area contributed by atoms with Gasteiger partial charge in [-0.15, -0.1) is 0 Å². The van der Waals surface area contributed by atoms with Crippen molar-refractivity contribution in [2.45, 2.75) is 20.0 Å². The number of hydrogen-bond acceptors (Lipinski definition) is 2. The highest BCUT2D eigenvalue weighted by atomic mass is 19.4. The number of alkyl halides is 3. The highest BCUT2D eigenvalue weighted by molar-refractivity contribution is 5.74. The number of carboxylic acid groups (broad SMARTS) is 1. The van der Waals surface area contributed by atoms with E-state index in [2.05, 4.69) is 0 Å². The topological polar surface area (TPSA) is 40.5 Å². The molecule has 0 atom stereocenters. The molecule has 0 saturated heterocycles. The number of halogens is 3. The van der Waals surface area contributed by atoms with Gasteiger partial charge in [0.1, 0.15) is 6.54 Å². The minimum Gasteiger partial charge on any atom is -0.480 e. The lowest BCUT2D eigenvalue weighted by Gasteiger charge is -2.27. The van der Waals surface area contributed by atoms with E-state index < -0.39 is 24.3 Å². The molecule has 0 bridgehead atoms. The molecule has 3 nitrogen and oxygen atoms in total. The average Bonchev–Trinajstić information content (AvgIpc) is 2.25. The van der Waals surface area contributed by atoms with Crippen molar-refractivity contribution in [3.05, 3.63) is 29.8 Å². The minimum atomic E-state index is -4.50. The van der Waals surface area contributed by atoms with Crippen LogP contribution in [0.25, 0.3) is 0 Å². The van der Waals surface area contributed by atoms with Crippen LogP contribution in [0.5, 0.6) is 0 Å². The maximum absolute atomic E-state index is 12.9. The van der Waals surface area contributed by atoms with E-state index in [0.717, 1.165) is 6.07 Å². The first-order valence-electron chi connectivity index (χ1n) is 5.84. The molecule has 106 valence electrons. The van der Waals surface area contributed by atoms with E-state index in [1.807, 2.05) is 13.8 Å². The molecule has 0 fully saturated rings. The van der Waals surface area contributed by atoms with Gasteiger partial charge in [-0.25, -0.2) is 0 Å². The Morgan fingerprint density at radius 2 is 1.89 bits per heavy atom. The van der Waals surface area contributed by atoms with Crippen LogP contribution in [0.15, 0.2) is 24.3 Å². The first-order valence-corrected chi connectivity index (χ1v) is 5.84. The van der Waals surface area contributed by atoms with Gasteiger partial charge in [0.25, 0.3) is 0 Å². The van der Waals surface area contributed by atoms with Crippen molar-refractivity contribution in [1.29, 1.82) is 0 Å². The zero-order valence-electron chi connectivity index (χ0n) is 10.7. The molecule has 19 heavy (non-hydrogen) atoms. The largest absolute Gasteiger partial charge is 0.480 e. The fourth-order valence-electron chi connectivity index (χ4n) is 1.84. The maximum atomic E-state index is 12.9. The molecule has 0 radical (unpaired) electrons. The summed E-state index contributed by atoms with van der Waals surface area (Å²) in [6.07, 6.45) is -4.50. The van der Waals surface area contributed by atoms with Gasteiger partial charge in [-0.3, -0.25) is 4.79 Å². The Hall–Kier alpha value is -1.72. The molecule has 0 spiro atoms. The summed E-state index contributed by atoms with van der Waals surface area (Å²) in [5.41, 5.74) is -0.900. The fourth-order valence-corrected chi connectivity index (χ4v) is 1.84. The third-order valence-electron chi connectivity index (χ3n) is 2.46. The molecule has 0 aromatic heterocycles. The van der Waals surface area contributed by atoms with Crippen molar-refractivity contribution in [1.82, 2.24) is 0 Å². The third-order valence-corrected chi connectivity index (χ3v) is 2.46. The van der Waals surface area contributed by atoms with E-state index in [9.17, 15) is 18.0 Å². The van der Waals surface area contributed by atoms with Crippen LogP contribution < -0.4 is 4.90 Å². The number of nitrogens with zero attached hydrogens (tertiary/aromatic N) is 1. The molecule has 0 aliphatic carbocycles. The second-order valence-corrected chi connectivity index (χ2v) is 4.68. The minimum absolute atomic E-state index is 0.0561. The Balaban J connectivity index is 3.18. The number of benzene rings is 1. The molecule has 0 saturated carbocycles. The molecular formula is C13H16F3NO2. The van der Waals surface area contributed by atoms with Crippen LogP contribution in [0.4, 0.5) is 18.9 Å². The van der Waals surface area contributed by atoms with Gasteiger partial charge < -0.3 is 10.0 Å². The van der Waals surface area contributed by atoms with Crippen LogP contribution in [0.3, 0.4) is 0 Å². The van der Waals surface area contributed by atoms with E-state index in [1.54, 1.807) is 0 Å². The molecule has 6 heteroatoms. The average molecular weight is 275 g/mol. The lowest BCUT2D eigenvalue weighted by molar-refractivity contribution is -0.138. The molecule has 0 heterocycles. The van der Waals surface area contributed by atoms with Crippen LogP contribution in [0.2, 0.25) is 0 Å². The van der Waals surface area contributed by atoms with Crippen molar-refractivity contribution in [3.8, 4) is 0 Å². The number of carbonyl (C=O) groups is 1. The number of rotatable bonds is 5. The molecule has 0 unspecified atom stereocenters. The normalized spacial score (nSPS) is 11.7. The second kappa shape index (κ2) is 5.95. The van der Waals surface area contributed by atoms with Gasteiger partial charge in [-0.05, 0) is 18.1 Å². The fraction of sp³-hybridized carbons (Fsp3) is 0.462. The lowest BCUT2D eigenvalue weighted by Crippen LogP contribution is -2.34. The van der Waals surface area contributed by atoms with Crippen molar-refractivity contribution < 1.29 is 23.1 Å². The van der Waals surface area contributed by atoms with Crippen molar-refractivity contribution in [2.75, 3.05) is 18.0 Å². The van der Waals surface area contributed by atoms with E-state index in [-0.39, 0.29) is 18.2 Å². The number of para-hydroxylation sites is 1. The van der Waals surface area contributed by atoms with Crippen LogP contribution in [-0.2, 0) is 11.0 Å². The second-order valence-electron chi connectivity index (χ2n) is 4.68. The summed E-state index contributed by atoms with van der Waals surface area (Å²) in [5, 5.41) is 8.83. The van der Waals surface area contributed by atoms with Crippen LogP contribution >= 0.6 is 0 Å². The zero-order chi connectivity index (χ0) is 14.6. The van der Waals surface area contributed by atoms with Gasteiger partial charge in [0.05, 0.1) is 5.56 Å². The third kappa shape index (κ3) is 4.46. The van der Waals surface area contributed by atoms with Gasteiger partial charge in [0.15, 0.2) is 0 Å². The molecule has 0 aliphatic rings. The Morgan fingerprint density at radius 1 is 1.32 bits per heavy atom. The summed E-state index contributed by atoms with van der Waals surface area (Å²) in [6.45, 7) is 3.45. The molecular weight excluding hydrogens is 259 g/mol. The van der Waals surface area contributed by atoms with Gasteiger partial charge in [-0.2, -0.15) is 13.2 Å². The molecule has 1 aromatic carbocycles. The summed E-state index contributed by atoms with van der Waals surface area (Å²) < 4.78 is 38.7. The van der Waals surface area contributed by atoms with E-state index in [4.69, 9.17) is 5.11 Å². The summed E-state index contributed by atoms with van der Waals surface area (Å²) in [5.74, 6) is -1.10. The number of anilines is 1. The summed E-state index contributed by atoms with van der Waals surface area (Å²) in [7, 11) is 0. The van der Waals surface area contributed by atoms with Crippen molar-refractivity contribution in [2.24, 2.45) is 5.92 Å². The maximum Gasteiger partial charge on any atom is 0.418 e. The Bertz CT molecular complexity index is 444. The van der Waals surface area contributed by atoms with Gasteiger partial charge >= 0.3 is 12.1 Å². The van der Waals surface area contributed by atoms with E-state index in [1.165, 1.54) is 23.1 Å². The standard InChI is InChI=1S/C13H16F3NO2/c1-9(2)7-17(8-12(18)19)11-6-4-3-5-10(11)13(14,15)16/h3-6,9H,7-8H2,1-2H3,(H,18,19).